The zero-order chi connectivity index (χ0) is 13.8. The first-order valence-electron chi connectivity index (χ1n) is 6.02. The SMILES string of the molecule is CC(N)Cc1cccc(Oc2ccc(F)cc2Br)c1. The van der Waals surface area contributed by atoms with Crippen LogP contribution in [0.1, 0.15) is 12.5 Å². The molecule has 2 aromatic rings. The lowest BCUT2D eigenvalue weighted by Gasteiger charge is -2.10. The first kappa shape index (κ1) is 14.0. The highest BCUT2D eigenvalue weighted by Crippen LogP contribution is 2.30. The predicted molar refractivity (Wildman–Crippen MR) is 78.0 cm³/mol. The molecule has 0 heterocycles. The van der Waals surface area contributed by atoms with E-state index in [0.717, 1.165) is 12.0 Å². The summed E-state index contributed by atoms with van der Waals surface area (Å²) in [7, 11) is 0. The fourth-order valence-electron chi connectivity index (χ4n) is 1.79. The van der Waals surface area contributed by atoms with Gasteiger partial charge in [-0.1, -0.05) is 12.1 Å². The third-order valence-corrected chi connectivity index (χ3v) is 3.20. The lowest BCUT2D eigenvalue weighted by molar-refractivity contribution is 0.476. The number of halogens is 2. The summed E-state index contributed by atoms with van der Waals surface area (Å²) in [6.45, 7) is 1.96. The van der Waals surface area contributed by atoms with Gasteiger partial charge in [-0.25, -0.2) is 4.39 Å². The van der Waals surface area contributed by atoms with Gasteiger partial charge in [0.2, 0.25) is 0 Å². The van der Waals surface area contributed by atoms with E-state index in [4.69, 9.17) is 10.5 Å². The van der Waals surface area contributed by atoms with Crippen LogP contribution in [0.15, 0.2) is 46.9 Å². The van der Waals surface area contributed by atoms with Crippen LogP contribution in [-0.2, 0) is 6.42 Å². The first-order valence-corrected chi connectivity index (χ1v) is 6.81. The van der Waals surface area contributed by atoms with Gasteiger partial charge in [-0.15, -0.1) is 0 Å². The molecule has 0 aromatic heterocycles. The summed E-state index contributed by atoms with van der Waals surface area (Å²) in [5, 5.41) is 0. The van der Waals surface area contributed by atoms with Crippen molar-refractivity contribution in [2.45, 2.75) is 19.4 Å². The van der Waals surface area contributed by atoms with E-state index < -0.39 is 0 Å². The third-order valence-electron chi connectivity index (χ3n) is 2.58. The molecule has 0 saturated carbocycles. The van der Waals surface area contributed by atoms with Gasteiger partial charge in [0.05, 0.1) is 4.47 Å². The molecule has 0 aliphatic carbocycles. The Morgan fingerprint density at radius 2 is 2.05 bits per heavy atom. The first-order chi connectivity index (χ1) is 9.04. The van der Waals surface area contributed by atoms with Crippen molar-refractivity contribution in [1.29, 1.82) is 0 Å². The molecular weight excluding hydrogens is 309 g/mol. The highest BCUT2D eigenvalue weighted by Gasteiger charge is 2.05. The van der Waals surface area contributed by atoms with Crippen LogP contribution in [0, 0.1) is 5.82 Å². The maximum absolute atomic E-state index is 13.0. The molecule has 0 aliphatic rings. The van der Waals surface area contributed by atoms with Crippen LogP contribution < -0.4 is 10.5 Å². The van der Waals surface area contributed by atoms with Crippen LogP contribution in [0.3, 0.4) is 0 Å². The minimum absolute atomic E-state index is 0.104. The van der Waals surface area contributed by atoms with Gasteiger partial charge in [0.1, 0.15) is 17.3 Å². The number of nitrogens with two attached hydrogens (primary N) is 1. The molecule has 0 bridgehead atoms. The number of rotatable bonds is 4. The molecule has 19 heavy (non-hydrogen) atoms. The Morgan fingerprint density at radius 1 is 1.26 bits per heavy atom. The van der Waals surface area contributed by atoms with Crippen LogP contribution in [0.4, 0.5) is 4.39 Å². The van der Waals surface area contributed by atoms with Gasteiger partial charge in [0.25, 0.3) is 0 Å². The second-order valence-corrected chi connectivity index (χ2v) is 5.36. The summed E-state index contributed by atoms with van der Waals surface area (Å²) >= 11 is 3.28. The molecule has 2 N–H and O–H groups in total. The van der Waals surface area contributed by atoms with Crippen LogP contribution in [0.2, 0.25) is 0 Å². The van der Waals surface area contributed by atoms with Gasteiger partial charge >= 0.3 is 0 Å². The molecule has 0 spiro atoms. The molecule has 0 radical (unpaired) electrons. The Kier molecular flexibility index (Phi) is 4.56. The lowest BCUT2D eigenvalue weighted by atomic mass is 10.1. The maximum Gasteiger partial charge on any atom is 0.141 e. The van der Waals surface area contributed by atoms with Gasteiger partial charge < -0.3 is 10.5 Å². The monoisotopic (exact) mass is 323 g/mol. The van der Waals surface area contributed by atoms with Crippen molar-refractivity contribution in [3.8, 4) is 11.5 Å². The normalized spacial score (nSPS) is 12.2. The van der Waals surface area contributed by atoms with Crippen LogP contribution in [0.25, 0.3) is 0 Å². The molecule has 4 heteroatoms. The number of hydrogen-bond acceptors (Lipinski definition) is 2. The summed E-state index contributed by atoms with van der Waals surface area (Å²) in [6.07, 6.45) is 0.793. The highest BCUT2D eigenvalue weighted by molar-refractivity contribution is 9.10. The van der Waals surface area contributed by atoms with Crippen molar-refractivity contribution >= 4 is 15.9 Å². The molecule has 0 saturated heterocycles. The van der Waals surface area contributed by atoms with Gasteiger partial charge in [-0.3, -0.25) is 0 Å². The van der Waals surface area contributed by atoms with Gasteiger partial charge in [0, 0.05) is 6.04 Å². The average molecular weight is 324 g/mol. The van der Waals surface area contributed by atoms with E-state index in [-0.39, 0.29) is 11.9 Å². The summed E-state index contributed by atoms with van der Waals surface area (Å²) in [4.78, 5) is 0. The molecule has 0 amide bonds. The van der Waals surface area contributed by atoms with Crippen molar-refractivity contribution in [1.82, 2.24) is 0 Å². The zero-order valence-electron chi connectivity index (χ0n) is 10.6. The molecule has 1 unspecified atom stereocenters. The van der Waals surface area contributed by atoms with E-state index >= 15 is 0 Å². The van der Waals surface area contributed by atoms with Crippen LogP contribution in [0.5, 0.6) is 11.5 Å². The number of hydrogen-bond donors (Lipinski definition) is 1. The van der Waals surface area contributed by atoms with Crippen molar-refractivity contribution in [2.75, 3.05) is 0 Å². The molecule has 2 nitrogen and oxygen atoms in total. The predicted octanol–water partition coefficient (Wildman–Crippen LogP) is 4.27. The summed E-state index contributed by atoms with van der Waals surface area (Å²) in [5.74, 6) is 0.995. The smallest absolute Gasteiger partial charge is 0.141 e. The van der Waals surface area contributed by atoms with Crippen LogP contribution >= 0.6 is 15.9 Å². The van der Waals surface area contributed by atoms with Gasteiger partial charge in [0.15, 0.2) is 0 Å². The minimum Gasteiger partial charge on any atom is -0.456 e. The van der Waals surface area contributed by atoms with E-state index in [1.54, 1.807) is 6.07 Å². The average Bonchev–Trinajstić information content (AvgIpc) is 2.32. The van der Waals surface area contributed by atoms with Crippen molar-refractivity contribution < 1.29 is 9.13 Å². The molecule has 0 aliphatic heterocycles. The van der Waals surface area contributed by atoms with Gasteiger partial charge in [-0.2, -0.15) is 0 Å². The van der Waals surface area contributed by atoms with E-state index in [1.807, 2.05) is 31.2 Å². The number of benzene rings is 2. The number of ether oxygens (including phenoxy) is 1. The quantitative estimate of drug-likeness (QED) is 0.911. The van der Waals surface area contributed by atoms with Gasteiger partial charge in [-0.05, 0) is 65.2 Å². The molecule has 1 atom stereocenters. The fourth-order valence-corrected chi connectivity index (χ4v) is 2.22. The highest BCUT2D eigenvalue weighted by atomic mass is 79.9. The molecule has 100 valence electrons. The summed E-state index contributed by atoms with van der Waals surface area (Å²) in [5.41, 5.74) is 6.89. The zero-order valence-corrected chi connectivity index (χ0v) is 12.2. The largest absolute Gasteiger partial charge is 0.456 e. The van der Waals surface area contributed by atoms with E-state index in [9.17, 15) is 4.39 Å². The second-order valence-electron chi connectivity index (χ2n) is 4.51. The molecule has 0 fully saturated rings. The second kappa shape index (κ2) is 6.17. The van der Waals surface area contributed by atoms with Crippen molar-refractivity contribution in [2.24, 2.45) is 5.73 Å². The van der Waals surface area contributed by atoms with Crippen molar-refractivity contribution in [3.63, 3.8) is 0 Å². The Morgan fingerprint density at radius 3 is 2.74 bits per heavy atom. The Hall–Kier alpha value is -1.39. The maximum atomic E-state index is 13.0. The van der Waals surface area contributed by atoms with E-state index in [2.05, 4.69) is 15.9 Å². The summed E-state index contributed by atoms with van der Waals surface area (Å²) < 4.78 is 19.3. The molecule has 2 rings (SSSR count). The summed E-state index contributed by atoms with van der Waals surface area (Å²) in [6, 6.07) is 12.2. The minimum atomic E-state index is -0.301. The Balaban J connectivity index is 2.18. The lowest BCUT2D eigenvalue weighted by Crippen LogP contribution is -2.17. The van der Waals surface area contributed by atoms with E-state index in [0.29, 0.717) is 16.0 Å². The molecular formula is C15H15BrFNO. The molecule has 2 aromatic carbocycles. The standard InChI is InChI=1S/C15H15BrFNO/c1-10(18)7-11-3-2-4-13(8-11)19-15-6-5-12(17)9-14(15)16/h2-6,8-10H,7,18H2,1H3. The Bertz CT molecular complexity index is 572. The fraction of sp³-hybridized carbons (Fsp3) is 0.200. The van der Waals surface area contributed by atoms with E-state index in [1.165, 1.54) is 12.1 Å². The van der Waals surface area contributed by atoms with Crippen molar-refractivity contribution in [3.05, 3.63) is 58.3 Å². The Labute approximate surface area is 120 Å². The van der Waals surface area contributed by atoms with Crippen LogP contribution in [-0.4, -0.2) is 6.04 Å². The topological polar surface area (TPSA) is 35.2 Å². The third kappa shape index (κ3) is 4.04.